The molecule has 1 saturated heterocycles. The van der Waals surface area contributed by atoms with E-state index in [-0.39, 0.29) is 23.7 Å². The second-order valence-corrected chi connectivity index (χ2v) is 6.96. The Morgan fingerprint density at radius 2 is 2.24 bits per heavy atom. The van der Waals surface area contributed by atoms with E-state index >= 15 is 0 Å². The van der Waals surface area contributed by atoms with Gasteiger partial charge >= 0.3 is 0 Å². The van der Waals surface area contributed by atoms with E-state index < -0.39 is 27.6 Å². The van der Waals surface area contributed by atoms with Crippen molar-refractivity contribution in [2.75, 3.05) is 18.1 Å². The molecule has 2 N–H and O–H groups in total. The summed E-state index contributed by atoms with van der Waals surface area (Å²) < 4.78 is 36.4. The number of halogens is 1. The number of amides is 1. The highest BCUT2D eigenvalue weighted by molar-refractivity contribution is 7.91. The van der Waals surface area contributed by atoms with Gasteiger partial charge in [-0.1, -0.05) is 11.8 Å². The number of sulfone groups is 1. The fraction of sp³-hybridized carbons (Fsp3) is 0.357. The molecule has 0 saturated carbocycles. The Morgan fingerprint density at radius 1 is 1.48 bits per heavy atom. The van der Waals surface area contributed by atoms with Crippen LogP contribution in [0.1, 0.15) is 22.3 Å². The molecule has 1 aliphatic heterocycles. The summed E-state index contributed by atoms with van der Waals surface area (Å²) in [4.78, 5) is 12.0. The monoisotopic (exact) mass is 311 g/mol. The van der Waals surface area contributed by atoms with E-state index in [2.05, 4.69) is 17.2 Å². The lowest BCUT2D eigenvalue weighted by atomic mass is 10.1. The third kappa shape index (κ3) is 4.03. The number of nitrogens with one attached hydrogen (secondary N) is 1. The minimum atomic E-state index is -3.11. The number of rotatable bonds is 2. The van der Waals surface area contributed by atoms with E-state index in [1.54, 1.807) is 0 Å². The van der Waals surface area contributed by atoms with Crippen LogP contribution in [0.4, 0.5) is 4.39 Å². The SMILES string of the molecule is O=C(NC1CCS(=O)(=O)C1)c1cc(C#CCO)ccc1F. The van der Waals surface area contributed by atoms with E-state index in [4.69, 9.17) is 5.11 Å². The normalized spacial score (nSPS) is 19.6. The maximum absolute atomic E-state index is 13.7. The molecule has 0 radical (unpaired) electrons. The van der Waals surface area contributed by atoms with Gasteiger partial charge in [-0.15, -0.1) is 0 Å². The van der Waals surface area contributed by atoms with Crippen molar-refractivity contribution >= 4 is 15.7 Å². The first-order valence-corrected chi connectivity index (χ1v) is 8.14. The van der Waals surface area contributed by atoms with E-state index in [1.165, 1.54) is 12.1 Å². The van der Waals surface area contributed by atoms with Gasteiger partial charge in [0.15, 0.2) is 9.84 Å². The van der Waals surface area contributed by atoms with E-state index in [9.17, 15) is 17.6 Å². The Hall–Kier alpha value is -1.91. The summed E-state index contributed by atoms with van der Waals surface area (Å²) in [5.41, 5.74) is 0.207. The van der Waals surface area contributed by atoms with Crippen LogP contribution in [0.15, 0.2) is 18.2 Å². The summed E-state index contributed by atoms with van der Waals surface area (Å²) >= 11 is 0. The molecule has 0 aliphatic carbocycles. The van der Waals surface area contributed by atoms with Gasteiger partial charge in [0, 0.05) is 11.6 Å². The van der Waals surface area contributed by atoms with Crippen molar-refractivity contribution < 1.29 is 22.7 Å². The maximum Gasteiger partial charge on any atom is 0.254 e. The molecule has 5 nitrogen and oxygen atoms in total. The number of benzene rings is 1. The van der Waals surface area contributed by atoms with E-state index in [0.717, 1.165) is 6.07 Å². The highest BCUT2D eigenvalue weighted by atomic mass is 32.2. The average Bonchev–Trinajstić information content (AvgIpc) is 2.76. The molecule has 0 spiro atoms. The lowest BCUT2D eigenvalue weighted by Gasteiger charge is -2.11. The Kier molecular flexibility index (Phi) is 4.60. The number of hydrogen-bond donors (Lipinski definition) is 2. The summed E-state index contributed by atoms with van der Waals surface area (Å²) in [6, 6.07) is 3.29. The van der Waals surface area contributed by atoms with Crippen molar-refractivity contribution in [2.45, 2.75) is 12.5 Å². The molecule has 21 heavy (non-hydrogen) atoms. The third-order valence-corrected chi connectivity index (χ3v) is 4.86. The van der Waals surface area contributed by atoms with Crippen molar-refractivity contribution in [2.24, 2.45) is 0 Å². The molecule has 1 fully saturated rings. The van der Waals surface area contributed by atoms with Crippen LogP contribution in [0.25, 0.3) is 0 Å². The molecule has 7 heteroatoms. The van der Waals surface area contributed by atoms with Crippen LogP contribution in [0.3, 0.4) is 0 Å². The molecule has 0 aromatic heterocycles. The first kappa shape index (κ1) is 15.5. The van der Waals surface area contributed by atoms with Crippen molar-refractivity contribution in [1.82, 2.24) is 5.32 Å². The predicted molar refractivity (Wildman–Crippen MR) is 74.9 cm³/mol. The topological polar surface area (TPSA) is 83.5 Å². The smallest absolute Gasteiger partial charge is 0.254 e. The van der Waals surface area contributed by atoms with Crippen LogP contribution in [0.2, 0.25) is 0 Å². The number of carbonyl (C=O) groups is 1. The molecule has 1 unspecified atom stereocenters. The zero-order chi connectivity index (χ0) is 15.5. The molecular weight excluding hydrogens is 297 g/mol. The lowest BCUT2D eigenvalue weighted by Crippen LogP contribution is -2.36. The fourth-order valence-electron chi connectivity index (χ4n) is 2.09. The molecule has 1 aromatic carbocycles. The molecule has 1 aliphatic rings. The van der Waals surface area contributed by atoms with Crippen molar-refractivity contribution in [1.29, 1.82) is 0 Å². The minimum Gasteiger partial charge on any atom is -0.384 e. The highest BCUT2D eigenvalue weighted by Gasteiger charge is 2.29. The fourth-order valence-corrected chi connectivity index (χ4v) is 3.76. The zero-order valence-electron chi connectivity index (χ0n) is 11.1. The van der Waals surface area contributed by atoms with Gasteiger partial charge in [-0.25, -0.2) is 12.8 Å². The summed E-state index contributed by atoms with van der Waals surface area (Å²) in [5.74, 6) is 3.53. The van der Waals surface area contributed by atoms with Crippen LogP contribution in [0.5, 0.6) is 0 Å². The van der Waals surface area contributed by atoms with E-state index in [0.29, 0.717) is 12.0 Å². The second kappa shape index (κ2) is 6.24. The average molecular weight is 311 g/mol. The number of aliphatic hydroxyl groups excluding tert-OH is 1. The molecular formula is C14H14FNO4S. The predicted octanol–water partition coefficient (Wildman–Crippen LogP) is 0.0864. The summed E-state index contributed by atoms with van der Waals surface area (Å²) in [7, 11) is -3.11. The second-order valence-electron chi connectivity index (χ2n) is 4.73. The lowest BCUT2D eigenvalue weighted by molar-refractivity contribution is 0.0937. The van der Waals surface area contributed by atoms with Gasteiger partial charge in [0.25, 0.3) is 5.91 Å². The van der Waals surface area contributed by atoms with Gasteiger partial charge in [-0.2, -0.15) is 0 Å². The minimum absolute atomic E-state index is 0.0302. The van der Waals surface area contributed by atoms with Crippen LogP contribution < -0.4 is 5.32 Å². The Bertz CT molecular complexity index is 718. The Morgan fingerprint density at radius 3 is 2.86 bits per heavy atom. The number of aliphatic hydroxyl groups is 1. The number of hydrogen-bond acceptors (Lipinski definition) is 4. The molecule has 1 heterocycles. The maximum atomic E-state index is 13.7. The van der Waals surface area contributed by atoms with Crippen molar-refractivity contribution in [3.05, 3.63) is 35.1 Å². The zero-order valence-corrected chi connectivity index (χ0v) is 11.9. The van der Waals surface area contributed by atoms with Gasteiger partial charge in [0.2, 0.25) is 0 Å². The van der Waals surface area contributed by atoms with Gasteiger partial charge < -0.3 is 10.4 Å². The van der Waals surface area contributed by atoms with E-state index in [1.807, 2.05) is 0 Å². The van der Waals surface area contributed by atoms with Gasteiger partial charge in [0.1, 0.15) is 12.4 Å². The molecule has 2 rings (SSSR count). The summed E-state index contributed by atoms with van der Waals surface area (Å²) in [6.45, 7) is -0.334. The van der Waals surface area contributed by atoms with Gasteiger partial charge in [-0.3, -0.25) is 4.79 Å². The summed E-state index contributed by atoms with van der Waals surface area (Å²) in [5, 5.41) is 11.1. The van der Waals surface area contributed by atoms with Crippen LogP contribution in [-0.2, 0) is 9.84 Å². The standard InChI is InChI=1S/C14H14FNO4S/c15-13-4-3-10(2-1-6-17)8-12(13)14(18)16-11-5-7-21(19,20)9-11/h3-4,8,11,17H,5-7,9H2,(H,16,18). The van der Waals surface area contributed by atoms with Crippen LogP contribution in [0, 0.1) is 17.7 Å². The summed E-state index contributed by atoms with van der Waals surface area (Å²) in [6.07, 6.45) is 0.333. The Labute approximate surface area is 122 Å². The van der Waals surface area contributed by atoms with Gasteiger partial charge in [0.05, 0.1) is 17.1 Å². The quantitative estimate of drug-likeness (QED) is 0.758. The molecule has 1 atom stereocenters. The van der Waals surface area contributed by atoms with Crippen LogP contribution >= 0.6 is 0 Å². The van der Waals surface area contributed by atoms with Gasteiger partial charge in [-0.05, 0) is 24.6 Å². The first-order valence-electron chi connectivity index (χ1n) is 6.32. The molecule has 1 amide bonds. The van der Waals surface area contributed by atoms with Crippen molar-refractivity contribution in [3.8, 4) is 11.8 Å². The third-order valence-electron chi connectivity index (χ3n) is 3.09. The largest absolute Gasteiger partial charge is 0.384 e. The van der Waals surface area contributed by atoms with Crippen molar-refractivity contribution in [3.63, 3.8) is 0 Å². The number of carbonyl (C=O) groups excluding carboxylic acids is 1. The molecule has 1 aromatic rings. The molecule has 112 valence electrons. The van der Waals surface area contributed by atoms with Crippen LogP contribution in [-0.4, -0.2) is 43.6 Å². The first-order chi connectivity index (χ1) is 9.91. The molecule has 0 bridgehead atoms. The Balaban J connectivity index is 2.15. The highest BCUT2D eigenvalue weighted by Crippen LogP contribution is 2.14.